The smallest absolute Gasteiger partial charge is 0.0242 e. The molecular formula is C14H15Br. The molecule has 0 aliphatic carbocycles. The van der Waals surface area contributed by atoms with Gasteiger partial charge in [0.25, 0.3) is 0 Å². The third-order valence-corrected chi connectivity index (χ3v) is 4.46. The van der Waals surface area contributed by atoms with Crippen molar-refractivity contribution >= 4 is 26.7 Å². The normalized spacial score (nSPS) is 11.0. The fourth-order valence-electron chi connectivity index (χ4n) is 2.23. The van der Waals surface area contributed by atoms with Gasteiger partial charge in [0.05, 0.1) is 0 Å². The average Bonchev–Trinajstić information content (AvgIpc) is 2.23. The highest BCUT2D eigenvalue weighted by molar-refractivity contribution is 9.10. The Morgan fingerprint density at radius 1 is 0.867 bits per heavy atom. The maximum atomic E-state index is 3.68. The highest BCUT2D eigenvalue weighted by atomic mass is 79.9. The van der Waals surface area contributed by atoms with Crippen molar-refractivity contribution in [3.05, 3.63) is 44.9 Å². The SMILES string of the molecule is Cc1c(Br)c(C)c2cccc(C)c2c1C. The fraction of sp³-hybridized carbons (Fsp3) is 0.286. The highest BCUT2D eigenvalue weighted by Crippen LogP contribution is 2.34. The predicted octanol–water partition coefficient (Wildman–Crippen LogP) is 4.84. The van der Waals surface area contributed by atoms with Crippen molar-refractivity contribution in [1.29, 1.82) is 0 Å². The second-order valence-electron chi connectivity index (χ2n) is 4.19. The van der Waals surface area contributed by atoms with E-state index < -0.39 is 0 Å². The zero-order valence-corrected chi connectivity index (χ0v) is 11.2. The van der Waals surface area contributed by atoms with E-state index in [-0.39, 0.29) is 0 Å². The molecule has 15 heavy (non-hydrogen) atoms. The number of hydrogen-bond donors (Lipinski definition) is 0. The molecule has 2 aromatic rings. The van der Waals surface area contributed by atoms with E-state index in [1.807, 2.05) is 0 Å². The highest BCUT2D eigenvalue weighted by Gasteiger charge is 2.10. The van der Waals surface area contributed by atoms with Crippen LogP contribution in [0.15, 0.2) is 22.7 Å². The van der Waals surface area contributed by atoms with Crippen LogP contribution in [0.25, 0.3) is 10.8 Å². The Balaban J connectivity index is 3.08. The molecule has 0 N–H and O–H groups in total. The number of aryl methyl sites for hydroxylation is 3. The molecule has 0 radical (unpaired) electrons. The van der Waals surface area contributed by atoms with E-state index in [1.54, 1.807) is 0 Å². The molecule has 0 amide bonds. The first-order chi connectivity index (χ1) is 7.04. The Kier molecular flexibility index (Phi) is 2.59. The van der Waals surface area contributed by atoms with Crippen LogP contribution in [-0.4, -0.2) is 0 Å². The largest absolute Gasteiger partial charge is 0.0614 e. The summed E-state index contributed by atoms with van der Waals surface area (Å²) in [6.45, 7) is 8.74. The molecule has 0 aromatic heterocycles. The van der Waals surface area contributed by atoms with Crippen LogP contribution in [-0.2, 0) is 0 Å². The fourth-order valence-corrected chi connectivity index (χ4v) is 2.74. The van der Waals surface area contributed by atoms with Crippen LogP contribution in [0, 0.1) is 27.7 Å². The van der Waals surface area contributed by atoms with Gasteiger partial charge in [0.2, 0.25) is 0 Å². The van der Waals surface area contributed by atoms with E-state index in [0.29, 0.717) is 0 Å². The molecule has 0 fully saturated rings. The van der Waals surface area contributed by atoms with Crippen LogP contribution in [0.1, 0.15) is 22.3 Å². The molecule has 0 bridgehead atoms. The third kappa shape index (κ3) is 1.50. The lowest BCUT2D eigenvalue weighted by Gasteiger charge is -2.14. The lowest BCUT2D eigenvalue weighted by atomic mass is 9.94. The molecule has 1 heteroatoms. The van der Waals surface area contributed by atoms with E-state index in [1.165, 1.54) is 37.5 Å². The molecule has 2 aromatic carbocycles. The molecular weight excluding hydrogens is 248 g/mol. The van der Waals surface area contributed by atoms with Gasteiger partial charge >= 0.3 is 0 Å². The maximum Gasteiger partial charge on any atom is 0.0242 e. The quantitative estimate of drug-likeness (QED) is 0.638. The van der Waals surface area contributed by atoms with Gasteiger partial charge in [0.15, 0.2) is 0 Å². The summed E-state index contributed by atoms with van der Waals surface area (Å²) in [6, 6.07) is 6.52. The maximum absolute atomic E-state index is 3.68. The molecule has 0 aliphatic heterocycles. The lowest BCUT2D eigenvalue weighted by Crippen LogP contribution is -1.92. The molecule has 0 saturated heterocycles. The van der Waals surface area contributed by atoms with Gasteiger partial charge in [-0.15, -0.1) is 0 Å². The van der Waals surface area contributed by atoms with Crippen LogP contribution in [0.5, 0.6) is 0 Å². The second-order valence-corrected chi connectivity index (χ2v) is 4.98. The number of fused-ring (bicyclic) bond motifs is 1. The number of hydrogen-bond acceptors (Lipinski definition) is 0. The molecule has 0 aliphatic rings. The van der Waals surface area contributed by atoms with Gasteiger partial charge in [-0.25, -0.2) is 0 Å². The Morgan fingerprint density at radius 2 is 1.53 bits per heavy atom. The van der Waals surface area contributed by atoms with Crippen LogP contribution in [0.4, 0.5) is 0 Å². The summed E-state index contributed by atoms with van der Waals surface area (Å²) < 4.78 is 1.25. The van der Waals surface area contributed by atoms with Crippen LogP contribution >= 0.6 is 15.9 Å². The van der Waals surface area contributed by atoms with Gasteiger partial charge in [0.1, 0.15) is 0 Å². The zero-order valence-electron chi connectivity index (χ0n) is 9.61. The van der Waals surface area contributed by atoms with Gasteiger partial charge in [-0.2, -0.15) is 0 Å². The molecule has 0 unspecified atom stereocenters. The monoisotopic (exact) mass is 262 g/mol. The summed E-state index contributed by atoms with van der Waals surface area (Å²) in [6.07, 6.45) is 0. The van der Waals surface area contributed by atoms with Gasteiger partial charge in [0, 0.05) is 4.47 Å². The summed E-state index contributed by atoms with van der Waals surface area (Å²) in [5, 5.41) is 2.78. The first-order valence-electron chi connectivity index (χ1n) is 5.18. The summed E-state index contributed by atoms with van der Waals surface area (Å²) in [7, 11) is 0. The first-order valence-corrected chi connectivity index (χ1v) is 5.98. The van der Waals surface area contributed by atoms with Gasteiger partial charge < -0.3 is 0 Å². The van der Waals surface area contributed by atoms with Crippen molar-refractivity contribution < 1.29 is 0 Å². The Labute approximate surface area is 99.4 Å². The minimum absolute atomic E-state index is 1.25. The minimum Gasteiger partial charge on any atom is -0.0614 e. The van der Waals surface area contributed by atoms with Gasteiger partial charge in [-0.05, 0) is 60.7 Å². The molecule has 0 nitrogen and oxygen atoms in total. The van der Waals surface area contributed by atoms with Gasteiger partial charge in [-0.3, -0.25) is 0 Å². The van der Waals surface area contributed by atoms with E-state index in [2.05, 4.69) is 61.8 Å². The standard InChI is InChI=1S/C14H15Br/c1-8-6-5-7-12-11(4)14(15)10(3)9(2)13(8)12/h5-7H,1-4H3. The average molecular weight is 263 g/mol. The van der Waals surface area contributed by atoms with E-state index in [0.717, 1.165) is 0 Å². The number of rotatable bonds is 0. The molecule has 0 heterocycles. The Hall–Kier alpha value is -0.820. The van der Waals surface area contributed by atoms with Crippen LogP contribution < -0.4 is 0 Å². The predicted molar refractivity (Wildman–Crippen MR) is 70.6 cm³/mol. The van der Waals surface area contributed by atoms with Crippen LogP contribution in [0.2, 0.25) is 0 Å². The molecule has 0 saturated carbocycles. The number of halogens is 1. The Bertz CT molecular complexity index is 539. The number of benzene rings is 2. The van der Waals surface area contributed by atoms with Crippen molar-refractivity contribution in [2.24, 2.45) is 0 Å². The van der Waals surface area contributed by atoms with Crippen molar-refractivity contribution in [3.63, 3.8) is 0 Å². The molecule has 0 atom stereocenters. The lowest BCUT2D eigenvalue weighted by molar-refractivity contribution is 1.30. The van der Waals surface area contributed by atoms with E-state index in [4.69, 9.17) is 0 Å². The summed E-state index contributed by atoms with van der Waals surface area (Å²) in [4.78, 5) is 0. The zero-order chi connectivity index (χ0) is 11.2. The first kappa shape index (κ1) is 10.7. The van der Waals surface area contributed by atoms with Gasteiger partial charge in [-0.1, -0.05) is 34.1 Å². The minimum atomic E-state index is 1.25. The van der Waals surface area contributed by atoms with Crippen molar-refractivity contribution in [2.75, 3.05) is 0 Å². The Morgan fingerprint density at radius 3 is 2.20 bits per heavy atom. The van der Waals surface area contributed by atoms with Crippen molar-refractivity contribution in [1.82, 2.24) is 0 Å². The summed E-state index contributed by atoms with van der Waals surface area (Å²) >= 11 is 3.68. The summed E-state index contributed by atoms with van der Waals surface area (Å²) in [5.41, 5.74) is 5.45. The molecule has 78 valence electrons. The molecule has 0 spiro atoms. The second kappa shape index (κ2) is 3.64. The third-order valence-electron chi connectivity index (χ3n) is 3.27. The van der Waals surface area contributed by atoms with E-state index >= 15 is 0 Å². The van der Waals surface area contributed by atoms with Crippen LogP contribution in [0.3, 0.4) is 0 Å². The van der Waals surface area contributed by atoms with E-state index in [9.17, 15) is 0 Å². The molecule has 2 rings (SSSR count). The topological polar surface area (TPSA) is 0 Å². The van der Waals surface area contributed by atoms with Crippen molar-refractivity contribution in [2.45, 2.75) is 27.7 Å². The summed E-state index contributed by atoms with van der Waals surface area (Å²) in [5.74, 6) is 0. The van der Waals surface area contributed by atoms with Crippen molar-refractivity contribution in [3.8, 4) is 0 Å².